The first kappa shape index (κ1) is 12.1. The number of nitrogens with one attached hydrogen (secondary N) is 2. The van der Waals surface area contributed by atoms with Crippen molar-refractivity contribution < 1.29 is 0 Å². The van der Waals surface area contributed by atoms with E-state index in [9.17, 15) is 0 Å². The van der Waals surface area contributed by atoms with Crippen molar-refractivity contribution in [1.29, 1.82) is 0 Å². The Morgan fingerprint density at radius 1 is 0.812 bits per heavy atom. The van der Waals surface area contributed by atoms with Gasteiger partial charge in [0.2, 0.25) is 0 Å². The van der Waals surface area contributed by atoms with Crippen molar-refractivity contribution in [2.75, 3.05) is 24.9 Å². The second-order valence-corrected chi connectivity index (χ2v) is 3.27. The fraction of sp³-hybridized carbons (Fsp3) is 0.400. The number of hydrogen-bond acceptors (Lipinski definition) is 4. The Labute approximate surface area is 94.8 Å². The summed E-state index contributed by atoms with van der Waals surface area (Å²) in [7, 11) is 3.22. The molecule has 0 unspecified atom stereocenters. The molecule has 0 radical (unpaired) electrons. The van der Waals surface area contributed by atoms with Crippen LogP contribution in [-0.4, -0.2) is 14.1 Å². The van der Waals surface area contributed by atoms with Crippen LogP contribution >= 0.6 is 0 Å². The molecule has 86 valence electrons. The van der Waals surface area contributed by atoms with Gasteiger partial charge in [-0.05, 0) is 25.0 Å². The largest absolute Gasteiger partial charge is 0.258 e. The summed E-state index contributed by atoms with van der Waals surface area (Å²) in [5, 5.41) is 14.9. The molecule has 6 heteroatoms. The molecular weight excluding hydrogens is 204 g/mol. The molecule has 0 aliphatic rings. The highest BCUT2D eigenvalue weighted by atomic mass is 15.4. The van der Waals surface area contributed by atoms with Gasteiger partial charge >= 0.3 is 0 Å². The molecule has 0 atom stereocenters. The number of anilines is 2. The summed E-state index contributed by atoms with van der Waals surface area (Å²) >= 11 is 0. The van der Waals surface area contributed by atoms with Gasteiger partial charge in [0.1, 0.15) is 0 Å². The SMILES string of the molecule is CN=NNc1c(C)ccc(C)c1NN=NC. The lowest BCUT2D eigenvalue weighted by molar-refractivity contribution is 1.05. The van der Waals surface area contributed by atoms with Crippen LogP contribution < -0.4 is 10.9 Å². The minimum absolute atomic E-state index is 0.859. The highest BCUT2D eigenvalue weighted by Crippen LogP contribution is 2.29. The van der Waals surface area contributed by atoms with Crippen molar-refractivity contribution in [2.24, 2.45) is 20.7 Å². The molecule has 16 heavy (non-hydrogen) atoms. The van der Waals surface area contributed by atoms with Crippen LogP contribution in [0.15, 0.2) is 32.8 Å². The van der Waals surface area contributed by atoms with Crippen LogP contribution in [0.2, 0.25) is 0 Å². The Kier molecular flexibility index (Phi) is 4.38. The van der Waals surface area contributed by atoms with Gasteiger partial charge in [-0.3, -0.25) is 10.9 Å². The predicted molar refractivity (Wildman–Crippen MR) is 64.7 cm³/mol. The van der Waals surface area contributed by atoms with E-state index in [-0.39, 0.29) is 0 Å². The summed E-state index contributed by atoms with van der Waals surface area (Å²) in [4.78, 5) is 0. The topological polar surface area (TPSA) is 73.5 Å². The van der Waals surface area contributed by atoms with Gasteiger partial charge in [-0.25, -0.2) is 0 Å². The van der Waals surface area contributed by atoms with E-state index in [1.54, 1.807) is 14.1 Å². The quantitative estimate of drug-likeness (QED) is 0.604. The van der Waals surface area contributed by atoms with Crippen molar-refractivity contribution in [3.05, 3.63) is 23.3 Å². The number of rotatable bonds is 4. The Morgan fingerprint density at radius 3 is 1.50 bits per heavy atom. The van der Waals surface area contributed by atoms with E-state index in [2.05, 4.69) is 31.5 Å². The monoisotopic (exact) mass is 220 g/mol. The lowest BCUT2D eigenvalue weighted by Crippen LogP contribution is -1.99. The second kappa shape index (κ2) is 5.79. The maximum absolute atomic E-state index is 3.78. The highest BCUT2D eigenvalue weighted by Gasteiger charge is 2.07. The zero-order valence-corrected chi connectivity index (χ0v) is 9.94. The van der Waals surface area contributed by atoms with Gasteiger partial charge in [0.15, 0.2) is 0 Å². The summed E-state index contributed by atoms with van der Waals surface area (Å²) < 4.78 is 0. The fourth-order valence-electron chi connectivity index (χ4n) is 1.30. The van der Waals surface area contributed by atoms with Gasteiger partial charge < -0.3 is 0 Å². The maximum atomic E-state index is 3.78. The smallest absolute Gasteiger partial charge is 0.0861 e. The van der Waals surface area contributed by atoms with Gasteiger partial charge in [-0.1, -0.05) is 22.6 Å². The fourth-order valence-corrected chi connectivity index (χ4v) is 1.30. The van der Waals surface area contributed by atoms with Crippen molar-refractivity contribution in [3.8, 4) is 0 Å². The van der Waals surface area contributed by atoms with Crippen LogP contribution in [0, 0.1) is 13.8 Å². The number of benzene rings is 1. The first-order valence-electron chi connectivity index (χ1n) is 4.90. The number of hydrogen-bond donors (Lipinski definition) is 2. The summed E-state index contributed by atoms with van der Waals surface area (Å²) in [6.45, 7) is 3.97. The Morgan fingerprint density at radius 2 is 1.19 bits per heavy atom. The molecule has 0 fully saturated rings. The van der Waals surface area contributed by atoms with Crippen molar-refractivity contribution >= 4 is 11.4 Å². The van der Waals surface area contributed by atoms with E-state index in [1.165, 1.54) is 0 Å². The second-order valence-electron chi connectivity index (χ2n) is 3.27. The Bertz CT molecular complexity index is 371. The first-order valence-corrected chi connectivity index (χ1v) is 4.90. The van der Waals surface area contributed by atoms with E-state index >= 15 is 0 Å². The summed E-state index contributed by atoms with van der Waals surface area (Å²) in [6, 6.07) is 4.02. The molecule has 0 spiro atoms. The van der Waals surface area contributed by atoms with Crippen molar-refractivity contribution in [3.63, 3.8) is 0 Å². The van der Waals surface area contributed by atoms with Gasteiger partial charge in [0.25, 0.3) is 0 Å². The van der Waals surface area contributed by atoms with Crippen LogP contribution in [0.25, 0.3) is 0 Å². The van der Waals surface area contributed by atoms with Crippen LogP contribution in [0.1, 0.15) is 11.1 Å². The molecule has 0 aliphatic carbocycles. The number of nitrogens with zero attached hydrogens (tertiary/aromatic N) is 4. The van der Waals surface area contributed by atoms with Gasteiger partial charge in [0.05, 0.1) is 25.5 Å². The molecule has 0 aromatic heterocycles. The first-order chi connectivity index (χ1) is 7.70. The molecular formula is C10H16N6. The third kappa shape index (κ3) is 2.75. The molecule has 1 rings (SSSR count). The van der Waals surface area contributed by atoms with E-state index in [0.717, 1.165) is 22.5 Å². The van der Waals surface area contributed by atoms with Crippen molar-refractivity contribution in [2.45, 2.75) is 13.8 Å². The van der Waals surface area contributed by atoms with Crippen LogP contribution in [0.3, 0.4) is 0 Å². The summed E-state index contributed by atoms with van der Waals surface area (Å²) in [6.07, 6.45) is 0. The molecule has 0 bridgehead atoms. The average Bonchev–Trinajstić information content (AvgIpc) is 2.29. The Hall–Kier alpha value is -1.98. The lowest BCUT2D eigenvalue weighted by atomic mass is 10.1. The average molecular weight is 220 g/mol. The third-order valence-electron chi connectivity index (χ3n) is 2.15. The van der Waals surface area contributed by atoms with Crippen molar-refractivity contribution in [1.82, 2.24) is 0 Å². The van der Waals surface area contributed by atoms with Gasteiger partial charge in [-0.2, -0.15) is 10.2 Å². The molecule has 0 saturated carbocycles. The normalized spacial score (nSPS) is 11.2. The number of aryl methyl sites for hydroxylation is 2. The molecule has 0 saturated heterocycles. The minimum atomic E-state index is 0.859. The highest BCUT2D eigenvalue weighted by molar-refractivity contribution is 5.75. The van der Waals surface area contributed by atoms with E-state index in [4.69, 9.17) is 0 Å². The third-order valence-corrected chi connectivity index (χ3v) is 2.15. The predicted octanol–water partition coefficient (Wildman–Crippen LogP) is 3.12. The molecule has 0 aliphatic heterocycles. The molecule has 6 nitrogen and oxygen atoms in total. The van der Waals surface area contributed by atoms with Crippen LogP contribution in [0.5, 0.6) is 0 Å². The minimum Gasteiger partial charge on any atom is -0.258 e. The summed E-state index contributed by atoms with van der Waals surface area (Å²) in [5.41, 5.74) is 9.59. The molecule has 1 aromatic rings. The zero-order chi connectivity index (χ0) is 12.0. The maximum Gasteiger partial charge on any atom is 0.0861 e. The Balaban J connectivity index is 3.13. The molecule has 0 amide bonds. The molecule has 0 heterocycles. The van der Waals surface area contributed by atoms with Gasteiger partial charge in [0, 0.05) is 0 Å². The van der Waals surface area contributed by atoms with Crippen LogP contribution in [0.4, 0.5) is 11.4 Å². The summed E-state index contributed by atoms with van der Waals surface area (Å²) in [5.74, 6) is 0. The molecule has 2 N–H and O–H groups in total. The van der Waals surface area contributed by atoms with Crippen LogP contribution in [-0.2, 0) is 0 Å². The van der Waals surface area contributed by atoms with E-state index in [0.29, 0.717) is 0 Å². The molecule has 1 aromatic carbocycles. The standard InChI is InChI=1S/C10H16N6/c1-7-5-6-8(2)10(14-16-12-4)9(7)13-15-11-3/h5-6H,1-4H3,(H,11,13)(H,12,14). The van der Waals surface area contributed by atoms with Gasteiger partial charge in [-0.15, -0.1) is 0 Å². The lowest BCUT2D eigenvalue weighted by Gasteiger charge is -2.12. The van der Waals surface area contributed by atoms with E-state index in [1.807, 2.05) is 26.0 Å². The zero-order valence-electron chi connectivity index (χ0n) is 9.94. The van der Waals surface area contributed by atoms with E-state index < -0.39 is 0 Å².